The van der Waals surface area contributed by atoms with Crippen LogP contribution in [0.25, 0.3) is 21.8 Å². The highest BCUT2D eigenvalue weighted by molar-refractivity contribution is 6.04. The predicted molar refractivity (Wildman–Crippen MR) is 94.7 cm³/mol. The van der Waals surface area contributed by atoms with Crippen molar-refractivity contribution in [1.29, 1.82) is 0 Å². The fourth-order valence-corrected chi connectivity index (χ4v) is 2.98. The Morgan fingerprint density at radius 1 is 1.12 bits per heavy atom. The summed E-state index contributed by atoms with van der Waals surface area (Å²) >= 11 is 0. The molecule has 0 aliphatic heterocycles. The average molecular weight is 333 g/mol. The van der Waals surface area contributed by atoms with Crippen LogP contribution in [0.15, 0.2) is 53.5 Å². The Labute approximate surface area is 142 Å². The van der Waals surface area contributed by atoms with Crippen LogP contribution in [-0.2, 0) is 0 Å². The molecule has 0 fully saturated rings. The van der Waals surface area contributed by atoms with Crippen LogP contribution in [0.2, 0.25) is 0 Å². The zero-order valence-corrected chi connectivity index (χ0v) is 13.7. The Balaban J connectivity index is 1.86. The number of fused-ring (bicyclic) bond motifs is 3. The first-order chi connectivity index (χ1) is 12.0. The van der Waals surface area contributed by atoms with E-state index in [1.807, 2.05) is 26.0 Å². The van der Waals surface area contributed by atoms with Crippen molar-refractivity contribution >= 4 is 27.8 Å². The summed E-state index contributed by atoms with van der Waals surface area (Å²) in [5.41, 5.74) is 3.40. The number of benzene rings is 2. The summed E-state index contributed by atoms with van der Waals surface area (Å²) in [5, 5.41) is 4.08. The number of H-pyrrole nitrogens is 1. The summed E-state index contributed by atoms with van der Waals surface area (Å²) in [5.74, 6) is -0.612. The Morgan fingerprint density at radius 2 is 1.88 bits per heavy atom. The van der Waals surface area contributed by atoms with Gasteiger partial charge in [0.25, 0.3) is 0 Å². The second-order valence-corrected chi connectivity index (χ2v) is 5.98. The number of carbonyl (C=O) groups is 1. The maximum absolute atomic E-state index is 12.5. The van der Waals surface area contributed by atoms with Gasteiger partial charge in [0.1, 0.15) is 0 Å². The number of nitrogens with one attached hydrogen (secondary N) is 1. The molecule has 0 unspecified atom stereocenters. The Hall–Kier alpha value is -3.41. The number of aromatic amines is 1. The molecule has 0 aliphatic carbocycles. The number of aromatic nitrogens is 3. The molecule has 4 rings (SSSR count). The van der Waals surface area contributed by atoms with Crippen molar-refractivity contribution in [3.05, 3.63) is 75.7 Å². The van der Waals surface area contributed by atoms with Gasteiger partial charge in [0.05, 0.1) is 22.0 Å². The van der Waals surface area contributed by atoms with Crippen LogP contribution in [0, 0.1) is 13.8 Å². The third-order valence-electron chi connectivity index (χ3n) is 4.12. The van der Waals surface area contributed by atoms with E-state index in [2.05, 4.69) is 10.1 Å². The molecule has 0 atom stereocenters. The Kier molecular flexibility index (Phi) is 3.39. The van der Waals surface area contributed by atoms with Crippen LogP contribution in [0.5, 0.6) is 0 Å². The Morgan fingerprint density at radius 3 is 2.64 bits per heavy atom. The van der Waals surface area contributed by atoms with Gasteiger partial charge in [0, 0.05) is 11.6 Å². The molecule has 0 radical (unpaired) electrons. The van der Waals surface area contributed by atoms with Crippen molar-refractivity contribution in [3.63, 3.8) is 0 Å². The molecule has 0 bridgehead atoms. The zero-order valence-electron chi connectivity index (χ0n) is 13.7. The fraction of sp³-hybridized carbons (Fsp3) is 0.105. The molecule has 0 saturated heterocycles. The quantitative estimate of drug-likeness (QED) is 0.612. The summed E-state index contributed by atoms with van der Waals surface area (Å²) in [4.78, 5) is 35.2. The summed E-state index contributed by atoms with van der Waals surface area (Å²) in [6.07, 6.45) is 1.51. The topological polar surface area (TPSA) is 77.0 Å². The van der Waals surface area contributed by atoms with Crippen molar-refractivity contribution in [1.82, 2.24) is 14.9 Å². The molecule has 4 aromatic rings. The van der Waals surface area contributed by atoms with Crippen LogP contribution in [0.1, 0.15) is 21.5 Å². The smallest absolute Gasteiger partial charge is 0.312 e. The van der Waals surface area contributed by atoms with E-state index in [-0.39, 0.29) is 0 Å². The molecule has 2 aromatic heterocycles. The lowest BCUT2D eigenvalue weighted by Gasteiger charge is -2.04. The van der Waals surface area contributed by atoms with Crippen molar-refractivity contribution in [2.45, 2.75) is 13.8 Å². The lowest BCUT2D eigenvalue weighted by atomic mass is 10.1. The first kappa shape index (κ1) is 15.1. The number of carbonyl (C=O) groups excluding carboxylic acids is 1. The van der Waals surface area contributed by atoms with Crippen LogP contribution >= 0.6 is 0 Å². The minimum atomic E-state index is -0.612. The lowest BCUT2D eigenvalue weighted by molar-refractivity contribution is 0.0380. The van der Waals surface area contributed by atoms with E-state index in [1.165, 1.54) is 6.20 Å². The Bertz CT molecular complexity index is 1170. The van der Waals surface area contributed by atoms with Crippen molar-refractivity contribution in [2.75, 3.05) is 0 Å². The highest BCUT2D eigenvalue weighted by Crippen LogP contribution is 2.24. The molecular weight excluding hydrogens is 318 g/mol. The molecule has 124 valence electrons. The highest BCUT2D eigenvalue weighted by atomic mass is 16.7. The number of aryl methyl sites for hydroxylation is 2. The third kappa shape index (κ3) is 2.48. The summed E-state index contributed by atoms with van der Waals surface area (Å²) in [6, 6.07) is 12.5. The number of hydrogen-bond acceptors (Lipinski definition) is 4. The second kappa shape index (κ2) is 5.59. The van der Waals surface area contributed by atoms with E-state index in [4.69, 9.17) is 4.84 Å². The van der Waals surface area contributed by atoms with Crippen LogP contribution in [0.4, 0.5) is 0 Å². The van der Waals surface area contributed by atoms with Crippen LogP contribution < -0.4 is 10.4 Å². The van der Waals surface area contributed by atoms with Gasteiger partial charge in [-0.3, -0.25) is 14.9 Å². The molecule has 1 N–H and O–H groups in total. The highest BCUT2D eigenvalue weighted by Gasteiger charge is 2.16. The molecule has 25 heavy (non-hydrogen) atoms. The largest absolute Gasteiger partial charge is 0.365 e. The van der Waals surface area contributed by atoms with Gasteiger partial charge < -0.3 is 4.84 Å². The standard InChI is InChI=1S/C19H15N3O3/c1-11-8-12(2)16-14(9-11)17-15(10-20-16)18(23)22(21-17)25-19(24)13-6-4-3-5-7-13/h3-10,21H,1-2H3. The molecule has 2 heterocycles. The third-order valence-corrected chi connectivity index (χ3v) is 4.12. The molecule has 0 saturated carbocycles. The van der Waals surface area contributed by atoms with Crippen LogP contribution in [-0.4, -0.2) is 20.9 Å². The fourth-order valence-electron chi connectivity index (χ4n) is 2.98. The van der Waals surface area contributed by atoms with E-state index >= 15 is 0 Å². The molecule has 6 nitrogen and oxygen atoms in total. The first-order valence-electron chi connectivity index (χ1n) is 7.83. The van der Waals surface area contributed by atoms with Crippen molar-refractivity contribution in [3.8, 4) is 0 Å². The zero-order chi connectivity index (χ0) is 17.6. The minimum absolute atomic E-state index is 0.364. The van der Waals surface area contributed by atoms with E-state index in [1.54, 1.807) is 30.3 Å². The molecule has 0 aliphatic rings. The molecule has 2 aromatic carbocycles. The number of nitrogens with zero attached hydrogens (tertiary/aromatic N) is 2. The monoisotopic (exact) mass is 333 g/mol. The maximum atomic E-state index is 12.5. The maximum Gasteiger partial charge on any atom is 0.365 e. The number of rotatable bonds is 2. The van der Waals surface area contributed by atoms with Gasteiger partial charge in [-0.25, -0.2) is 4.79 Å². The van der Waals surface area contributed by atoms with Gasteiger partial charge in [0.2, 0.25) is 0 Å². The molecule has 6 heteroatoms. The summed E-state index contributed by atoms with van der Waals surface area (Å²) in [7, 11) is 0. The van der Waals surface area contributed by atoms with Gasteiger partial charge in [-0.2, -0.15) is 0 Å². The lowest BCUT2D eigenvalue weighted by Crippen LogP contribution is -2.29. The van der Waals surface area contributed by atoms with E-state index < -0.39 is 11.5 Å². The van der Waals surface area contributed by atoms with Gasteiger partial charge in [-0.15, -0.1) is 0 Å². The first-order valence-corrected chi connectivity index (χ1v) is 7.83. The van der Waals surface area contributed by atoms with E-state index in [9.17, 15) is 9.59 Å². The summed E-state index contributed by atoms with van der Waals surface area (Å²) < 4.78 is 0. The van der Waals surface area contributed by atoms with Gasteiger partial charge in [-0.1, -0.05) is 34.7 Å². The van der Waals surface area contributed by atoms with E-state index in [0.29, 0.717) is 16.5 Å². The van der Waals surface area contributed by atoms with Crippen molar-refractivity contribution < 1.29 is 9.63 Å². The summed E-state index contributed by atoms with van der Waals surface area (Å²) in [6.45, 7) is 3.95. The predicted octanol–water partition coefficient (Wildman–Crippen LogP) is 2.76. The average Bonchev–Trinajstić information content (AvgIpc) is 2.92. The SMILES string of the molecule is Cc1cc(C)c2ncc3c(=O)n(OC(=O)c4ccccc4)[nH]c3c2c1. The van der Waals surface area contributed by atoms with Gasteiger partial charge in [0.15, 0.2) is 0 Å². The van der Waals surface area contributed by atoms with Crippen LogP contribution in [0.3, 0.4) is 0 Å². The molecular formula is C19H15N3O3. The normalized spacial score (nSPS) is 11.1. The van der Waals surface area contributed by atoms with E-state index in [0.717, 1.165) is 26.9 Å². The van der Waals surface area contributed by atoms with Gasteiger partial charge in [-0.05, 0) is 37.6 Å². The number of pyridine rings is 1. The van der Waals surface area contributed by atoms with Crippen molar-refractivity contribution in [2.24, 2.45) is 0 Å². The number of hydrogen-bond donors (Lipinski definition) is 1. The molecule has 0 spiro atoms. The molecule has 0 amide bonds. The second-order valence-electron chi connectivity index (χ2n) is 5.98. The minimum Gasteiger partial charge on any atom is -0.312 e. The van der Waals surface area contributed by atoms with Gasteiger partial charge >= 0.3 is 11.5 Å².